The van der Waals surface area contributed by atoms with E-state index in [-0.39, 0.29) is 17.4 Å². The molecule has 2 N–H and O–H groups in total. The Morgan fingerprint density at radius 2 is 1.97 bits per heavy atom. The number of benzene rings is 1. The summed E-state index contributed by atoms with van der Waals surface area (Å²) in [4.78, 5) is 32.9. The molecule has 0 atom stereocenters. The zero-order valence-corrected chi connectivity index (χ0v) is 17.0. The van der Waals surface area contributed by atoms with Crippen molar-refractivity contribution < 1.29 is 9.18 Å². The molecule has 4 aromatic rings. The fourth-order valence-corrected chi connectivity index (χ4v) is 3.51. The molecule has 0 aliphatic rings. The van der Waals surface area contributed by atoms with Crippen LogP contribution < -0.4 is 10.9 Å². The minimum atomic E-state index is -0.434. The molecule has 0 unspecified atom stereocenters. The Kier molecular flexibility index (Phi) is 5.28. The molecule has 0 saturated heterocycles. The molecule has 4 rings (SSSR count). The van der Waals surface area contributed by atoms with E-state index in [9.17, 15) is 14.0 Å². The van der Waals surface area contributed by atoms with Gasteiger partial charge in [0.15, 0.2) is 0 Å². The number of carbonyl (C=O) groups is 1. The molecule has 0 saturated carbocycles. The van der Waals surface area contributed by atoms with Crippen LogP contribution in [0.5, 0.6) is 0 Å². The Hall–Kier alpha value is -3.59. The molecule has 0 bridgehead atoms. The number of hydrogen-bond donors (Lipinski definition) is 2. The lowest BCUT2D eigenvalue weighted by Crippen LogP contribution is -2.19. The van der Waals surface area contributed by atoms with E-state index in [1.165, 1.54) is 46.4 Å². The third-order valence-corrected chi connectivity index (χ3v) is 5.26. The van der Waals surface area contributed by atoms with Crippen LogP contribution in [0.4, 0.5) is 10.2 Å². The molecular weight excluding hydrogens is 405 g/mol. The Bertz CT molecular complexity index is 1240. The van der Waals surface area contributed by atoms with Crippen LogP contribution >= 0.6 is 11.3 Å². The minimum absolute atomic E-state index is 0.0376. The van der Waals surface area contributed by atoms with Gasteiger partial charge in [-0.2, -0.15) is 9.78 Å². The lowest BCUT2D eigenvalue weighted by molar-refractivity contribution is 0.102. The topological polar surface area (TPSA) is 92.7 Å². The van der Waals surface area contributed by atoms with Gasteiger partial charge in [0.05, 0.1) is 10.6 Å². The number of rotatable bonds is 5. The van der Waals surface area contributed by atoms with Crippen molar-refractivity contribution in [1.82, 2.24) is 19.7 Å². The number of halogens is 1. The Balaban J connectivity index is 1.78. The van der Waals surface area contributed by atoms with Gasteiger partial charge < -0.3 is 5.32 Å². The second-order valence-electron chi connectivity index (χ2n) is 6.91. The number of anilines is 1. The third kappa shape index (κ3) is 4.06. The molecule has 0 radical (unpaired) electrons. The van der Waals surface area contributed by atoms with E-state index in [1.807, 2.05) is 31.4 Å². The van der Waals surface area contributed by atoms with E-state index in [2.05, 4.69) is 20.4 Å². The highest BCUT2D eigenvalue weighted by Gasteiger charge is 2.18. The summed E-state index contributed by atoms with van der Waals surface area (Å²) in [6.07, 6.45) is 0. The van der Waals surface area contributed by atoms with Gasteiger partial charge in [-0.3, -0.25) is 14.6 Å². The van der Waals surface area contributed by atoms with Crippen LogP contribution in [-0.2, 0) is 0 Å². The Labute approximate surface area is 175 Å². The van der Waals surface area contributed by atoms with Gasteiger partial charge in [-0.1, -0.05) is 19.9 Å². The van der Waals surface area contributed by atoms with Crippen molar-refractivity contribution in [2.75, 3.05) is 5.32 Å². The lowest BCUT2D eigenvalue weighted by atomic mass is 10.1. The van der Waals surface area contributed by atoms with Crippen LogP contribution in [0, 0.1) is 5.82 Å². The first-order chi connectivity index (χ1) is 14.4. The van der Waals surface area contributed by atoms with Crippen molar-refractivity contribution in [3.63, 3.8) is 0 Å². The summed E-state index contributed by atoms with van der Waals surface area (Å²) in [6, 6.07) is 12.2. The van der Waals surface area contributed by atoms with Gasteiger partial charge in [0.2, 0.25) is 5.95 Å². The summed E-state index contributed by atoms with van der Waals surface area (Å²) in [6.45, 7) is 3.87. The summed E-state index contributed by atoms with van der Waals surface area (Å²) in [5, 5.41) is 9.24. The smallest absolute Gasteiger partial charge is 0.256 e. The molecule has 0 aliphatic carbocycles. The minimum Gasteiger partial charge on any atom is -0.306 e. The van der Waals surface area contributed by atoms with E-state index >= 15 is 0 Å². The van der Waals surface area contributed by atoms with E-state index in [0.29, 0.717) is 22.8 Å². The average Bonchev–Trinajstić information content (AvgIpc) is 3.38. The van der Waals surface area contributed by atoms with E-state index < -0.39 is 11.7 Å². The van der Waals surface area contributed by atoms with Gasteiger partial charge >= 0.3 is 0 Å². The van der Waals surface area contributed by atoms with Gasteiger partial charge in [-0.15, -0.1) is 11.3 Å². The maximum Gasteiger partial charge on any atom is 0.256 e. The Morgan fingerprint density at radius 3 is 2.63 bits per heavy atom. The van der Waals surface area contributed by atoms with E-state index in [4.69, 9.17) is 0 Å². The van der Waals surface area contributed by atoms with Crippen LogP contribution in [0.1, 0.15) is 35.8 Å². The van der Waals surface area contributed by atoms with Crippen molar-refractivity contribution in [2.24, 2.45) is 0 Å². The number of aromatic amines is 1. The van der Waals surface area contributed by atoms with Gasteiger partial charge in [-0.05, 0) is 41.6 Å². The van der Waals surface area contributed by atoms with Crippen LogP contribution in [0.25, 0.3) is 16.5 Å². The largest absolute Gasteiger partial charge is 0.306 e. The van der Waals surface area contributed by atoms with Crippen molar-refractivity contribution in [3.05, 3.63) is 81.3 Å². The first-order valence-corrected chi connectivity index (χ1v) is 10.1. The molecule has 152 valence electrons. The molecule has 0 spiro atoms. The highest BCUT2D eigenvalue weighted by molar-refractivity contribution is 7.13. The van der Waals surface area contributed by atoms with Gasteiger partial charge in [0.1, 0.15) is 17.3 Å². The SMILES string of the molecule is CC(C)c1cc(=O)[nH]c(-n2nc(-c3cccs3)cc2NC(=O)c2ccc(F)cc2)n1. The standard InChI is InChI=1S/C21H18FN5O2S/c1-12(2)15-11-19(28)25-21(23-15)27-18(10-16(26-27)17-4-3-9-30-17)24-20(29)13-5-7-14(22)8-6-13/h3-12H,1-2H3,(H,24,29)(H,23,25,28). The highest BCUT2D eigenvalue weighted by atomic mass is 32.1. The summed E-state index contributed by atoms with van der Waals surface area (Å²) in [5.41, 5.74) is 1.21. The van der Waals surface area contributed by atoms with E-state index in [1.54, 1.807) is 6.07 Å². The highest BCUT2D eigenvalue weighted by Crippen LogP contribution is 2.27. The third-order valence-electron chi connectivity index (χ3n) is 4.37. The first-order valence-electron chi connectivity index (χ1n) is 9.23. The van der Waals surface area contributed by atoms with Gasteiger partial charge in [0, 0.05) is 17.7 Å². The van der Waals surface area contributed by atoms with E-state index in [0.717, 1.165) is 4.88 Å². The summed E-state index contributed by atoms with van der Waals surface area (Å²) >= 11 is 1.50. The fraction of sp³-hybridized carbons (Fsp3) is 0.143. The number of amides is 1. The average molecular weight is 423 g/mol. The van der Waals surface area contributed by atoms with Crippen LogP contribution in [0.15, 0.2) is 58.7 Å². The number of thiophene rings is 1. The van der Waals surface area contributed by atoms with Crippen molar-refractivity contribution >= 4 is 23.1 Å². The molecule has 9 heteroatoms. The Morgan fingerprint density at radius 1 is 1.20 bits per heavy atom. The molecule has 1 amide bonds. The van der Waals surface area contributed by atoms with Gasteiger partial charge in [-0.25, -0.2) is 9.37 Å². The number of aromatic nitrogens is 4. The number of nitrogens with zero attached hydrogens (tertiary/aromatic N) is 3. The molecule has 3 aromatic heterocycles. The normalized spacial score (nSPS) is 11.1. The molecule has 0 aliphatic heterocycles. The second-order valence-corrected chi connectivity index (χ2v) is 7.86. The molecule has 1 aromatic carbocycles. The maximum absolute atomic E-state index is 13.2. The quantitative estimate of drug-likeness (QED) is 0.503. The molecule has 3 heterocycles. The lowest BCUT2D eigenvalue weighted by Gasteiger charge is -2.10. The van der Waals surface area contributed by atoms with Crippen molar-refractivity contribution in [3.8, 4) is 16.5 Å². The second kappa shape index (κ2) is 8.03. The summed E-state index contributed by atoms with van der Waals surface area (Å²) in [7, 11) is 0. The fourth-order valence-electron chi connectivity index (χ4n) is 2.83. The molecule has 7 nitrogen and oxygen atoms in total. The van der Waals surface area contributed by atoms with Crippen LogP contribution in [0.2, 0.25) is 0 Å². The van der Waals surface area contributed by atoms with Crippen molar-refractivity contribution in [2.45, 2.75) is 19.8 Å². The maximum atomic E-state index is 13.2. The summed E-state index contributed by atoms with van der Waals surface area (Å²) < 4.78 is 14.6. The monoisotopic (exact) mass is 423 g/mol. The van der Waals surface area contributed by atoms with Gasteiger partial charge in [0.25, 0.3) is 11.5 Å². The summed E-state index contributed by atoms with van der Waals surface area (Å²) in [5.74, 6) is -0.295. The van der Waals surface area contributed by atoms with Crippen LogP contribution in [0.3, 0.4) is 0 Å². The zero-order chi connectivity index (χ0) is 21.3. The predicted molar refractivity (Wildman–Crippen MR) is 114 cm³/mol. The first kappa shape index (κ1) is 19.7. The zero-order valence-electron chi connectivity index (χ0n) is 16.2. The molecule has 30 heavy (non-hydrogen) atoms. The van der Waals surface area contributed by atoms with Crippen molar-refractivity contribution in [1.29, 1.82) is 0 Å². The predicted octanol–water partition coefficient (Wildman–Crippen LogP) is 4.20. The number of nitrogens with one attached hydrogen (secondary N) is 2. The molecular formula is C21H18FN5O2S. The van der Waals surface area contributed by atoms with Crippen LogP contribution in [-0.4, -0.2) is 25.7 Å². The number of carbonyl (C=O) groups excluding carboxylic acids is 1. The molecule has 0 fully saturated rings. The number of H-pyrrole nitrogens is 1. The number of hydrogen-bond acceptors (Lipinski definition) is 5.